The lowest BCUT2D eigenvalue weighted by molar-refractivity contribution is -0.120. The Morgan fingerprint density at radius 1 is 0.600 bits per heavy atom. The first-order chi connectivity index (χ1) is 17.2. The minimum absolute atomic E-state index is 0.140. The van der Waals surface area contributed by atoms with Crippen LogP contribution in [0.3, 0.4) is 0 Å². The van der Waals surface area contributed by atoms with E-state index in [-0.39, 0.29) is 12.3 Å². The molecule has 0 fully saturated rings. The Kier molecular flexibility index (Phi) is 6.49. The van der Waals surface area contributed by atoms with Crippen LogP contribution >= 0.6 is 0 Å². The van der Waals surface area contributed by atoms with Crippen LogP contribution in [0.1, 0.15) is 29.2 Å². The molecule has 0 aromatic heterocycles. The van der Waals surface area contributed by atoms with E-state index < -0.39 is 0 Å². The summed E-state index contributed by atoms with van der Waals surface area (Å²) in [6, 6.07) is 40.8. The number of nitrogens with zero attached hydrogens (tertiary/aromatic N) is 1. The van der Waals surface area contributed by atoms with Crippen LogP contribution in [-0.4, -0.2) is 11.6 Å². The molecule has 5 rings (SSSR count). The molecule has 0 aliphatic heterocycles. The molecule has 1 aliphatic rings. The molecule has 4 aromatic rings. The van der Waals surface area contributed by atoms with Gasteiger partial charge in [0.25, 0.3) is 0 Å². The molecule has 1 aliphatic carbocycles. The van der Waals surface area contributed by atoms with Crippen LogP contribution in [-0.2, 0) is 11.2 Å². The standard InChI is InChI=1S/C32H26N2O/c1-23-29(25-16-8-3-9-17-25)30(26-18-10-4-11-19-26)31(27-20-12-5-13-21-27)32(23)34-33-28(35)22-24-14-6-2-7-15-24/h2-21H,22H2,1H3,(H,33,35)/b34-32-. The van der Waals surface area contributed by atoms with Gasteiger partial charge in [-0.2, -0.15) is 5.10 Å². The Balaban J connectivity index is 1.65. The zero-order valence-electron chi connectivity index (χ0n) is 19.6. The zero-order chi connectivity index (χ0) is 24.0. The van der Waals surface area contributed by atoms with Crippen LogP contribution in [0.25, 0.3) is 16.7 Å². The van der Waals surface area contributed by atoms with Gasteiger partial charge < -0.3 is 0 Å². The van der Waals surface area contributed by atoms with Crippen molar-refractivity contribution in [2.45, 2.75) is 13.3 Å². The van der Waals surface area contributed by atoms with Crippen molar-refractivity contribution in [2.75, 3.05) is 0 Å². The highest BCUT2D eigenvalue weighted by molar-refractivity contribution is 6.49. The van der Waals surface area contributed by atoms with Crippen molar-refractivity contribution in [1.29, 1.82) is 0 Å². The number of amides is 1. The van der Waals surface area contributed by atoms with Gasteiger partial charge in [0.1, 0.15) is 0 Å². The minimum atomic E-state index is -0.140. The molecule has 0 atom stereocenters. The third-order valence-electron chi connectivity index (χ3n) is 6.15. The van der Waals surface area contributed by atoms with E-state index in [0.29, 0.717) is 0 Å². The number of hydrazone groups is 1. The van der Waals surface area contributed by atoms with Crippen molar-refractivity contribution >= 4 is 28.3 Å². The van der Waals surface area contributed by atoms with Crippen molar-refractivity contribution < 1.29 is 4.79 Å². The summed E-state index contributed by atoms with van der Waals surface area (Å²) in [4.78, 5) is 12.8. The van der Waals surface area contributed by atoms with E-state index in [1.54, 1.807) is 0 Å². The van der Waals surface area contributed by atoms with Gasteiger partial charge in [-0.1, -0.05) is 121 Å². The summed E-state index contributed by atoms with van der Waals surface area (Å²) in [6.07, 6.45) is 0.280. The highest BCUT2D eigenvalue weighted by Gasteiger charge is 2.31. The van der Waals surface area contributed by atoms with E-state index in [9.17, 15) is 4.79 Å². The van der Waals surface area contributed by atoms with Gasteiger partial charge in [-0.05, 0) is 45.9 Å². The SMILES string of the molecule is CC1=C(c2ccccc2)C(c2ccccc2)=C(c2ccccc2)/C1=N\NC(=O)Cc1ccccc1. The second-order valence-electron chi connectivity index (χ2n) is 8.51. The molecule has 170 valence electrons. The summed E-state index contributed by atoms with van der Waals surface area (Å²) >= 11 is 0. The molecule has 3 heteroatoms. The third-order valence-corrected chi connectivity index (χ3v) is 6.15. The van der Waals surface area contributed by atoms with Crippen molar-refractivity contribution in [3.8, 4) is 0 Å². The van der Waals surface area contributed by atoms with Gasteiger partial charge >= 0.3 is 0 Å². The number of carbonyl (C=O) groups is 1. The minimum Gasteiger partial charge on any atom is -0.273 e. The maximum Gasteiger partial charge on any atom is 0.244 e. The van der Waals surface area contributed by atoms with E-state index in [2.05, 4.69) is 73.0 Å². The lowest BCUT2D eigenvalue weighted by atomic mass is 9.90. The maximum absolute atomic E-state index is 12.8. The Hall–Kier alpha value is -4.50. The van der Waals surface area contributed by atoms with Gasteiger partial charge in [0, 0.05) is 5.57 Å². The van der Waals surface area contributed by atoms with Crippen molar-refractivity contribution in [3.05, 3.63) is 149 Å². The van der Waals surface area contributed by atoms with Gasteiger partial charge in [0.15, 0.2) is 0 Å². The van der Waals surface area contributed by atoms with E-state index in [4.69, 9.17) is 5.10 Å². The fourth-order valence-corrected chi connectivity index (χ4v) is 4.56. The number of carbonyl (C=O) groups excluding carboxylic acids is 1. The number of hydrogen-bond donors (Lipinski definition) is 1. The zero-order valence-corrected chi connectivity index (χ0v) is 19.6. The number of rotatable bonds is 6. The van der Waals surface area contributed by atoms with E-state index in [0.717, 1.165) is 50.3 Å². The smallest absolute Gasteiger partial charge is 0.244 e. The molecule has 0 spiro atoms. The summed E-state index contributed by atoms with van der Waals surface area (Å²) in [5, 5.41) is 4.71. The highest BCUT2D eigenvalue weighted by atomic mass is 16.2. The fraction of sp³-hybridized carbons (Fsp3) is 0.0625. The summed E-state index contributed by atoms with van der Waals surface area (Å²) < 4.78 is 0. The Morgan fingerprint density at radius 3 is 1.54 bits per heavy atom. The largest absolute Gasteiger partial charge is 0.273 e. The number of hydrogen-bond acceptors (Lipinski definition) is 2. The first kappa shape index (κ1) is 22.3. The monoisotopic (exact) mass is 454 g/mol. The number of allylic oxidation sites excluding steroid dienone is 4. The van der Waals surface area contributed by atoms with Crippen LogP contribution in [0.15, 0.2) is 132 Å². The van der Waals surface area contributed by atoms with Gasteiger partial charge in [0.05, 0.1) is 12.1 Å². The topological polar surface area (TPSA) is 41.5 Å². The van der Waals surface area contributed by atoms with Gasteiger partial charge in [-0.3, -0.25) is 4.79 Å². The molecule has 4 aromatic carbocycles. The number of nitrogens with one attached hydrogen (secondary N) is 1. The molecule has 0 heterocycles. The molecular weight excluding hydrogens is 428 g/mol. The molecular formula is C32H26N2O. The van der Waals surface area contributed by atoms with Gasteiger partial charge in [0.2, 0.25) is 5.91 Å². The molecule has 0 bridgehead atoms. The maximum atomic E-state index is 12.8. The Bertz CT molecular complexity index is 1420. The van der Waals surface area contributed by atoms with Crippen molar-refractivity contribution in [2.24, 2.45) is 5.10 Å². The molecule has 0 unspecified atom stereocenters. The number of benzene rings is 4. The van der Waals surface area contributed by atoms with Crippen LogP contribution in [0, 0.1) is 0 Å². The van der Waals surface area contributed by atoms with Crippen LogP contribution in [0.2, 0.25) is 0 Å². The molecule has 1 amide bonds. The molecule has 35 heavy (non-hydrogen) atoms. The van der Waals surface area contributed by atoms with Gasteiger partial charge in [-0.15, -0.1) is 0 Å². The van der Waals surface area contributed by atoms with E-state index in [1.807, 2.05) is 60.7 Å². The quantitative estimate of drug-likeness (QED) is 0.320. The lowest BCUT2D eigenvalue weighted by Gasteiger charge is -2.13. The molecule has 0 saturated heterocycles. The van der Waals surface area contributed by atoms with E-state index in [1.165, 1.54) is 0 Å². The summed E-state index contributed by atoms with van der Waals surface area (Å²) in [7, 11) is 0. The van der Waals surface area contributed by atoms with E-state index >= 15 is 0 Å². The Labute approximate surface area is 206 Å². The average molecular weight is 455 g/mol. The van der Waals surface area contributed by atoms with Gasteiger partial charge in [-0.25, -0.2) is 5.43 Å². The lowest BCUT2D eigenvalue weighted by Crippen LogP contribution is -2.22. The summed E-state index contributed by atoms with van der Waals surface area (Å²) in [5.74, 6) is -0.140. The Morgan fingerprint density at radius 2 is 1.03 bits per heavy atom. The van der Waals surface area contributed by atoms with Crippen molar-refractivity contribution in [1.82, 2.24) is 5.43 Å². The van der Waals surface area contributed by atoms with Crippen molar-refractivity contribution in [3.63, 3.8) is 0 Å². The second-order valence-corrected chi connectivity index (χ2v) is 8.51. The third kappa shape index (κ3) is 4.75. The van der Waals surface area contributed by atoms with Crippen LogP contribution in [0.5, 0.6) is 0 Å². The van der Waals surface area contributed by atoms with Crippen LogP contribution < -0.4 is 5.43 Å². The molecule has 3 nitrogen and oxygen atoms in total. The second kappa shape index (κ2) is 10.2. The van der Waals surface area contributed by atoms with Crippen LogP contribution in [0.4, 0.5) is 0 Å². The first-order valence-corrected chi connectivity index (χ1v) is 11.8. The predicted molar refractivity (Wildman–Crippen MR) is 144 cm³/mol. The fourth-order valence-electron chi connectivity index (χ4n) is 4.56. The molecule has 1 N–H and O–H groups in total. The first-order valence-electron chi connectivity index (χ1n) is 11.8. The highest BCUT2D eigenvalue weighted by Crippen LogP contribution is 2.46. The predicted octanol–water partition coefficient (Wildman–Crippen LogP) is 6.80. The normalized spacial score (nSPS) is 14.5. The molecule has 0 radical (unpaired) electrons. The summed E-state index contributed by atoms with van der Waals surface area (Å²) in [6.45, 7) is 2.09. The molecule has 0 saturated carbocycles. The summed E-state index contributed by atoms with van der Waals surface area (Å²) in [5.41, 5.74) is 12.2. The average Bonchev–Trinajstić information content (AvgIpc) is 3.21.